The highest BCUT2D eigenvalue weighted by Crippen LogP contribution is 2.24. The summed E-state index contributed by atoms with van der Waals surface area (Å²) in [6.07, 6.45) is 2.11. The van der Waals surface area contributed by atoms with Gasteiger partial charge in [0.05, 0.1) is 18.0 Å². The Morgan fingerprint density at radius 3 is 2.84 bits per heavy atom. The third kappa shape index (κ3) is 3.60. The molecule has 0 aliphatic carbocycles. The Kier molecular flexibility index (Phi) is 5.61. The zero-order chi connectivity index (χ0) is 13.0. The molecule has 4 nitrogen and oxygen atoms in total. The van der Waals surface area contributed by atoms with Crippen LogP contribution in [0.25, 0.3) is 10.9 Å². The van der Waals surface area contributed by atoms with Gasteiger partial charge in [0, 0.05) is 17.3 Å². The minimum atomic E-state index is 0. The van der Waals surface area contributed by atoms with Crippen molar-refractivity contribution in [2.75, 3.05) is 0 Å². The molecule has 2 rings (SSSR count). The van der Waals surface area contributed by atoms with E-state index in [2.05, 4.69) is 11.1 Å². The Balaban J connectivity index is 0.00000180. The number of aromatic nitrogens is 1. The topological polar surface area (TPSA) is 86.5 Å². The Bertz CT molecular complexity index is 636. The molecule has 0 aliphatic heterocycles. The summed E-state index contributed by atoms with van der Waals surface area (Å²) in [5, 5.41) is 17.2. The van der Waals surface area contributed by atoms with Gasteiger partial charge in [0.1, 0.15) is 0 Å². The van der Waals surface area contributed by atoms with Crippen molar-refractivity contribution in [1.82, 2.24) is 4.98 Å². The summed E-state index contributed by atoms with van der Waals surface area (Å²) in [5.41, 5.74) is 8.18. The molecular formula is C13H13ClN4S. The Hall–Kier alpha value is -1.77. The van der Waals surface area contributed by atoms with Gasteiger partial charge in [0.15, 0.2) is 5.17 Å². The first kappa shape index (κ1) is 15.3. The second-order valence-electron chi connectivity index (χ2n) is 3.77. The molecule has 1 heterocycles. The summed E-state index contributed by atoms with van der Waals surface area (Å²) in [5.74, 6) is 0.574. The predicted octanol–water partition coefficient (Wildman–Crippen LogP) is 2.85. The quantitative estimate of drug-likeness (QED) is 0.673. The molecule has 0 unspecified atom stereocenters. The smallest absolute Gasteiger partial charge is 0.151 e. The van der Waals surface area contributed by atoms with E-state index in [1.54, 1.807) is 6.20 Å². The molecule has 3 N–H and O–H groups in total. The number of nitriles is 1. The summed E-state index contributed by atoms with van der Waals surface area (Å²) >= 11 is 1.24. The van der Waals surface area contributed by atoms with E-state index in [0.29, 0.717) is 12.2 Å². The molecule has 0 atom stereocenters. The number of fused-ring (bicyclic) bond motifs is 1. The van der Waals surface area contributed by atoms with E-state index in [1.165, 1.54) is 11.8 Å². The Morgan fingerprint density at radius 2 is 2.16 bits per heavy atom. The van der Waals surface area contributed by atoms with E-state index >= 15 is 0 Å². The van der Waals surface area contributed by atoms with Crippen molar-refractivity contribution < 1.29 is 0 Å². The lowest BCUT2D eigenvalue weighted by Crippen LogP contribution is -2.05. The van der Waals surface area contributed by atoms with Crippen LogP contribution in [0.2, 0.25) is 0 Å². The predicted molar refractivity (Wildman–Crippen MR) is 81.5 cm³/mol. The van der Waals surface area contributed by atoms with Crippen LogP contribution in [0.5, 0.6) is 0 Å². The molecule has 0 aliphatic rings. The first-order valence-corrected chi connectivity index (χ1v) is 6.40. The summed E-state index contributed by atoms with van der Waals surface area (Å²) in [6, 6.07) is 9.94. The number of hydrogen-bond acceptors (Lipinski definition) is 4. The highest BCUT2D eigenvalue weighted by molar-refractivity contribution is 8.13. The molecule has 98 valence electrons. The van der Waals surface area contributed by atoms with Gasteiger partial charge in [0.2, 0.25) is 0 Å². The Labute approximate surface area is 121 Å². The number of nitrogens with zero attached hydrogens (tertiary/aromatic N) is 2. The van der Waals surface area contributed by atoms with Crippen molar-refractivity contribution in [3.8, 4) is 6.07 Å². The molecule has 0 saturated heterocycles. The van der Waals surface area contributed by atoms with Gasteiger partial charge in [0.25, 0.3) is 0 Å². The van der Waals surface area contributed by atoms with Crippen molar-refractivity contribution in [2.45, 2.75) is 12.2 Å². The van der Waals surface area contributed by atoms with Gasteiger partial charge in [-0.05, 0) is 17.2 Å². The van der Waals surface area contributed by atoms with E-state index in [1.807, 2.05) is 24.3 Å². The van der Waals surface area contributed by atoms with Crippen LogP contribution < -0.4 is 5.73 Å². The maximum absolute atomic E-state index is 8.94. The lowest BCUT2D eigenvalue weighted by atomic mass is 10.0. The van der Waals surface area contributed by atoms with Gasteiger partial charge >= 0.3 is 0 Å². The summed E-state index contributed by atoms with van der Waals surface area (Å²) in [6.45, 7) is 0. The largest absolute Gasteiger partial charge is 0.379 e. The molecule has 0 saturated carbocycles. The van der Waals surface area contributed by atoms with E-state index in [4.69, 9.17) is 16.4 Å². The van der Waals surface area contributed by atoms with E-state index in [-0.39, 0.29) is 17.6 Å². The van der Waals surface area contributed by atoms with Crippen molar-refractivity contribution in [3.05, 3.63) is 41.6 Å². The molecule has 0 spiro atoms. The molecule has 0 fully saturated rings. The van der Waals surface area contributed by atoms with Crippen LogP contribution in [-0.4, -0.2) is 10.2 Å². The van der Waals surface area contributed by atoms with Crippen molar-refractivity contribution >= 4 is 40.2 Å². The van der Waals surface area contributed by atoms with Crippen LogP contribution >= 0.6 is 24.2 Å². The zero-order valence-corrected chi connectivity index (χ0v) is 11.7. The van der Waals surface area contributed by atoms with Crippen LogP contribution in [0.15, 0.2) is 30.5 Å². The number of amidine groups is 1. The van der Waals surface area contributed by atoms with Crippen molar-refractivity contribution in [2.24, 2.45) is 5.73 Å². The molecule has 2 aromatic rings. The first-order chi connectivity index (χ1) is 8.72. The highest BCUT2D eigenvalue weighted by atomic mass is 35.5. The lowest BCUT2D eigenvalue weighted by molar-refractivity contribution is 1.19. The summed E-state index contributed by atoms with van der Waals surface area (Å²) < 4.78 is 0. The average molecular weight is 293 g/mol. The van der Waals surface area contributed by atoms with Crippen LogP contribution in [-0.2, 0) is 12.2 Å². The van der Waals surface area contributed by atoms with E-state index in [9.17, 15) is 0 Å². The summed E-state index contributed by atoms with van der Waals surface area (Å²) in [7, 11) is 0. The monoisotopic (exact) mass is 292 g/mol. The summed E-state index contributed by atoms with van der Waals surface area (Å²) in [4.78, 5) is 4.37. The van der Waals surface area contributed by atoms with Gasteiger partial charge < -0.3 is 5.73 Å². The molecule has 0 bridgehead atoms. The third-order valence-corrected chi connectivity index (χ3v) is 3.38. The van der Waals surface area contributed by atoms with Gasteiger partial charge in [-0.15, -0.1) is 12.4 Å². The van der Waals surface area contributed by atoms with E-state index < -0.39 is 0 Å². The Morgan fingerprint density at radius 1 is 1.42 bits per heavy atom. The molecule has 19 heavy (non-hydrogen) atoms. The zero-order valence-electron chi connectivity index (χ0n) is 10.1. The maximum Gasteiger partial charge on any atom is 0.151 e. The van der Waals surface area contributed by atoms with Crippen molar-refractivity contribution in [3.63, 3.8) is 0 Å². The fourth-order valence-electron chi connectivity index (χ4n) is 1.81. The number of benzene rings is 1. The van der Waals surface area contributed by atoms with Gasteiger partial charge in [-0.1, -0.05) is 30.0 Å². The van der Waals surface area contributed by atoms with Crippen LogP contribution in [0, 0.1) is 16.7 Å². The standard InChI is InChI=1S/C13H12N4S.ClH/c14-6-5-10-9(8-18-13(15)16)7-17-12-4-2-1-3-11(10)12;/h1-4,7H,5,8H2,(H3,15,16);1H. The van der Waals surface area contributed by atoms with Crippen LogP contribution in [0.4, 0.5) is 0 Å². The van der Waals surface area contributed by atoms with Crippen molar-refractivity contribution in [1.29, 1.82) is 10.7 Å². The van der Waals surface area contributed by atoms with Gasteiger partial charge in [-0.25, -0.2) is 0 Å². The highest BCUT2D eigenvalue weighted by Gasteiger charge is 2.08. The number of nitrogens with one attached hydrogen (secondary N) is 1. The lowest BCUT2D eigenvalue weighted by Gasteiger charge is -2.09. The molecule has 1 aromatic heterocycles. The van der Waals surface area contributed by atoms with Gasteiger partial charge in [-0.2, -0.15) is 5.26 Å². The molecular weight excluding hydrogens is 280 g/mol. The minimum absolute atomic E-state index is 0. The van der Waals surface area contributed by atoms with Crippen LogP contribution in [0.1, 0.15) is 11.1 Å². The second kappa shape index (κ2) is 6.98. The number of pyridine rings is 1. The molecule has 0 amide bonds. The number of halogens is 1. The number of rotatable bonds is 3. The second-order valence-corrected chi connectivity index (χ2v) is 4.78. The normalized spacial score (nSPS) is 9.63. The SMILES string of the molecule is Cl.N#CCc1c(CSC(=N)N)cnc2ccccc12. The van der Waals surface area contributed by atoms with Gasteiger partial charge in [-0.3, -0.25) is 10.4 Å². The molecule has 1 aromatic carbocycles. The van der Waals surface area contributed by atoms with E-state index in [0.717, 1.165) is 22.0 Å². The minimum Gasteiger partial charge on any atom is -0.379 e. The average Bonchev–Trinajstić information content (AvgIpc) is 2.38. The first-order valence-electron chi connectivity index (χ1n) is 5.41. The van der Waals surface area contributed by atoms with Crippen LogP contribution in [0.3, 0.4) is 0 Å². The third-order valence-electron chi connectivity index (χ3n) is 2.62. The number of para-hydroxylation sites is 1. The fraction of sp³-hybridized carbons (Fsp3) is 0.154. The number of nitrogens with two attached hydrogens (primary N) is 1. The maximum atomic E-state index is 8.94. The molecule has 6 heteroatoms. The fourth-order valence-corrected chi connectivity index (χ4v) is 2.37. The number of hydrogen-bond donors (Lipinski definition) is 2. The molecule has 0 radical (unpaired) electrons. The number of thioether (sulfide) groups is 1.